The number of hydrogen-bond donors (Lipinski definition) is 1. The number of methoxy groups -OCH3 is 1. The van der Waals surface area contributed by atoms with Gasteiger partial charge in [0.05, 0.1) is 25.8 Å². The fourth-order valence-electron chi connectivity index (χ4n) is 2.57. The van der Waals surface area contributed by atoms with Gasteiger partial charge in [0.15, 0.2) is 0 Å². The molecule has 1 aromatic rings. The van der Waals surface area contributed by atoms with Crippen LogP contribution in [0.2, 0.25) is 0 Å². The highest BCUT2D eigenvalue weighted by atomic mass is 16.5. The number of nitrogens with zero attached hydrogens (tertiary/aromatic N) is 1. The first-order valence-electron chi connectivity index (χ1n) is 6.71. The Bertz CT molecular complexity index is 497. The molecule has 20 heavy (non-hydrogen) atoms. The third-order valence-electron chi connectivity index (χ3n) is 3.91. The van der Waals surface area contributed by atoms with Crippen LogP contribution in [0.15, 0.2) is 16.7 Å². The van der Waals surface area contributed by atoms with Crippen LogP contribution in [-0.4, -0.2) is 36.5 Å². The van der Waals surface area contributed by atoms with Gasteiger partial charge in [0.25, 0.3) is 0 Å². The first kappa shape index (κ1) is 14.6. The molecule has 6 nitrogen and oxygen atoms in total. The molecule has 1 aliphatic heterocycles. The van der Waals surface area contributed by atoms with Gasteiger partial charge in [0, 0.05) is 12.6 Å². The number of carbonyl (C=O) groups excluding carboxylic acids is 2. The molecule has 2 unspecified atom stereocenters. The van der Waals surface area contributed by atoms with E-state index in [2.05, 4.69) is 11.8 Å². The minimum absolute atomic E-state index is 0.136. The largest absolute Gasteiger partial charge is 0.467 e. The fraction of sp³-hybridized carbons (Fsp3) is 0.571. The number of primary amides is 1. The fourth-order valence-corrected chi connectivity index (χ4v) is 2.57. The van der Waals surface area contributed by atoms with Crippen molar-refractivity contribution >= 4 is 11.9 Å². The van der Waals surface area contributed by atoms with Crippen molar-refractivity contribution in [2.24, 2.45) is 11.7 Å². The molecule has 1 saturated heterocycles. The van der Waals surface area contributed by atoms with E-state index in [4.69, 9.17) is 14.9 Å². The Kier molecular flexibility index (Phi) is 4.44. The number of rotatable bonds is 4. The van der Waals surface area contributed by atoms with Crippen molar-refractivity contribution in [1.29, 1.82) is 0 Å². The number of amides is 1. The zero-order chi connectivity index (χ0) is 14.7. The lowest BCUT2D eigenvalue weighted by Crippen LogP contribution is -2.45. The van der Waals surface area contributed by atoms with Gasteiger partial charge in [-0.05, 0) is 25.8 Å². The van der Waals surface area contributed by atoms with Crippen molar-refractivity contribution in [2.45, 2.75) is 32.4 Å². The molecule has 0 aliphatic carbocycles. The van der Waals surface area contributed by atoms with Crippen LogP contribution in [-0.2, 0) is 16.1 Å². The van der Waals surface area contributed by atoms with Gasteiger partial charge in [0.2, 0.25) is 5.91 Å². The second-order valence-corrected chi connectivity index (χ2v) is 5.20. The molecule has 6 heteroatoms. The topological polar surface area (TPSA) is 85.8 Å². The number of likely N-dealkylation sites (tertiary alicyclic amines) is 1. The lowest BCUT2D eigenvalue weighted by molar-refractivity contribution is -0.124. The van der Waals surface area contributed by atoms with E-state index >= 15 is 0 Å². The molecule has 0 spiro atoms. The van der Waals surface area contributed by atoms with Crippen molar-refractivity contribution in [3.63, 3.8) is 0 Å². The molecule has 1 aliphatic rings. The summed E-state index contributed by atoms with van der Waals surface area (Å²) in [5.74, 6) is -0.254. The van der Waals surface area contributed by atoms with Crippen LogP contribution in [0.25, 0.3) is 0 Å². The van der Waals surface area contributed by atoms with E-state index in [9.17, 15) is 9.59 Å². The van der Waals surface area contributed by atoms with E-state index in [1.165, 1.54) is 13.4 Å². The quantitative estimate of drug-likeness (QED) is 0.836. The first-order valence-corrected chi connectivity index (χ1v) is 6.71. The van der Waals surface area contributed by atoms with Crippen molar-refractivity contribution in [2.75, 3.05) is 13.7 Å². The maximum atomic E-state index is 11.6. The van der Waals surface area contributed by atoms with E-state index in [1.807, 2.05) is 0 Å². The molecule has 2 N–H and O–H groups in total. The van der Waals surface area contributed by atoms with Crippen LogP contribution in [0, 0.1) is 5.92 Å². The second kappa shape index (κ2) is 6.09. The summed E-state index contributed by atoms with van der Waals surface area (Å²) >= 11 is 0. The van der Waals surface area contributed by atoms with Gasteiger partial charge in [-0.3, -0.25) is 9.69 Å². The predicted octanol–water partition coefficient (Wildman–Crippen LogP) is 1.15. The molecule has 0 saturated carbocycles. The van der Waals surface area contributed by atoms with Crippen LogP contribution < -0.4 is 5.73 Å². The normalized spacial score (nSPS) is 23.5. The minimum atomic E-state index is -0.412. The summed E-state index contributed by atoms with van der Waals surface area (Å²) in [6, 6.07) is 1.92. The smallest absolute Gasteiger partial charge is 0.341 e. The van der Waals surface area contributed by atoms with Crippen molar-refractivity contribution in [3.05, 3.63) is 23.7 Å². The average Bonchev–Trinajstić information content (AvgIpc) is 2.88. The van der Waals surface area contributed by atoms with Gasteiger partial charge >= 0.3 is 5.97 Å². The molecule has 2 heterocycles. The van der Waals surface area contributed by atoms with Crippen molar-refractivity contribution in [3.8, 4) is 0 Å². The van der Waals surface area contributed by atoms with Crippen LogP contribution in [0.5, 0.6) is 0 Å². The zero-order valence-electron chi connectivity index (χ0n) is 11.8. The van der Waals surface area contributed by atoms with Gasteiger partial charge in [-0.2, -0.15) is 0 Å². The van der Waals surface area contributed by atoms with Crippen LogP contribution in [0.1, 0.15) is 35.9 Å². The Hall–Kier alpha value is -1.82. The van der Waals surface area contributed by atoms with Gasteiger partial charge in [-0.1, -0.05) is 0 Å². The molecular formula is C14H20N2O4. The van der Waals surface area contributed by atoms with E-state index in [-0.39, 0.29) is 11.8 Å². The summed E-state index contributed by atoms with van der Waals surface area (Å²) in [6.07, 6.45) is 3.19. The molecule has 0 radical (unpaired) electrons. The summed E-state index contributed by atoms with van der Waals surface area (Å²) in [6.45, 7) is 3.16. The Balaban J connectivity index is 2.10. The van der Waals surface area contributed by atoms with Crippen LogP contribution in [0.3, 0.4) is 0 Å². The molecule has 1 amide bonds. The van der Waals surface area contributed by atoms with E-state index in [0.717, 1.165) is 12.8 Å². The zero-order valence-corrected chi connectivity index (χ0v) is 11.8. The summed E-state index contributed by atoms with van der Waals surface area (Å²) in [4.78, 5) is 25.1. The maximum Gasteiger partial charge on any atom is 0.341 e. The highest BCUT2D eigenvalue weighted by molar-refractivity contribution is 5.90. The maximum absolute atomic E-state index is 11.6. The lowest BCUT2D eigenvalue weighted by Gasteiger charge is -2.36. The summed E-state index contributed by atoms with van der Waals surface area (Å²) in [5, 5.41) is 0. The molecular weight excluding hydrogens is 260 g/mol. The predicted molar refractivity (Wildman–Crippen MR) is 71.8 cm³/mol. The molecule has 110 valence electrons. The van der Waals surface area contributed by atoms with E-state index in [1.54, 1.807) is 6.07 Å². The van der Waals surface area contributed by atoms with Crippen molar-refractivity contribution in [1.82, 2.24) is 4.90 Å². The number of carbonyl (C=O) groups is 2. The van der Waals surface area contributed by atoms with Gasteiger partial charge < -0.3 is 14.9 Å². The van der Waals surface area contributed by atoms with Crippen LogP contribution >= 0.6 is 0 Å². The highest BCUT2D eigenvalue weighted by Crippen LogP contribution is 2.25. The molecule has 0 bridgehead atoms. The Morgan fingerprint density at radius 1 is 1.50 bits per heavy atom. The standard InChI is InChI=1S/C14H20N2O4/c1-9-3-4-10(13(15)17)7-16(9)8-12-11(5-6-20-12)14(18)19-2/h5-6,9-10H,3-4,7-8H2,1-2H3,(H2,15,17). The van der Waals surface area contributed by atoms with Gasteiger partial charge in [-0.15, -0.1) is 0 Å². The Morgan fingerprint density at radius 2 is 2.25 bits per heavy atom. The molecule has 1 fully saturated rings. The molecule has 1 aromatic heterocycles. The highest BCUT2D eigenvalue weighted by Gasteiger charge is 2.30. The molecule has 2 atom stereocenters. The molecule has 0 aromatic carbocycles. The summed E-state index contributed by atoms with van der Waals surface area (Å²) in [7, 11) is 1.34. The summed E-state index contributed by atoms with van der Waals surface area (Å²) < 4.78 is 10.1. The summed E-state index contributed by atoms with van der Waals surface area (Å²) in [5.41, 5.74) is 5.82. The van der Waals surface area contributed by atoms with Gasteiger partial charge in [-0.25, -0.2) is 4.79 Å². The number of nitrogens with two attached hydrogens (primary N) is 1. The monoisotopic (exact) mass is 280 g/mol. The minimum Gasteiger partial charge on any atom is -0.467 e. The number of furan rings is 1. The Labute approximate surface area is 117 Å². The SMILES string of the molecule is COC(=O)c1ccoc1CN1CC(C(N)=O)CCC1C. The number of esters is 1. The second-order valence-electron chi connectivity index (χ2n) is 5.20. The number of hydrogen-bond acceptors (Lipinski definition) is 5. The first-order chi connectivity index (χ1) is 9.52. The van der Waals surface area contributed by atoms with Crippen molar-refractivity contribution < 1.29 is 18.7 Å². The lowest BCUT2D eigenvalue weighted by atomic mass is 9.93. The van der Waals surface area contributed by atoms with E-state index < -0.39 is 5.97 Å². The average molecular weight is 280 g/mol. The third-order valence-corrected chi connectivity index (χ3v) is 3.91. The van der Waals surface area contributed by atoms with Crippen LogP contribution in [0.4, 0.5) is 0 Å². The number of ether oxygens (including phenoxy) is 1. The Morgan fingerprint density at radius 3 is 2.90 bits per heavy atom. The van der Waals surface area contributed by atoms with E-state index in [0.29, 0.717) is 30.5 Å². The molecule has 2 rings (SSSR count). The van der Waals surface area contributed by atoms with Gasteiger partial charge in [0.1, 0.15) is 11.3 Å². The third kappa shape index (κ3) is 3.01. The number of piperidine rings is 1.